The van der Waals surface area contributed by atoms with E-state index in [4.69, 9.17) is 6.42 Å². The van der Waals surface area contributed by atoms with Crippen molar-refractivity contribution in [2.45, 2.75) is 0 Å². The first-order chi connectivity index (χ1) is 2.93. The second kappa shape index (κ2) is 1.14. The molecule has 0 aliphatic carbocycles. The third-order valence-corrected chi connectivity index (χ3v) is 0.802. The van der Waals surface area contributed by atoms with Crippen LogP contribution in [0.3, 0.4) is 0 Å². The van der Waals surface area contributed by atoms with Gasteiger partial charge < -0.3 is 0 Å². The SMILES string of the molecule is C#CC1C=NC1. The van der Waals surface area contributed by atoms with E-state index in [9.17, 15) is 0 Å². The Morgan fingerprint density at radius 2 is 2.67 bits per heavy atom. The number of terminal acetylenes is 1. The van der Waals surface area contributed by atoms with E-state index in [2.05, 4.69) is 10.9 Å². The Bertz CT molecular complexity index is 108. The summed E-state index contributed by atoms with van der Waals surface area (Å²) in [5.74, 6) is 2.90. The van der Waals surface area contributed by atoms with Crippen LogP contribution in [-0.4, -0.2) is 12.8 Å². The summed E-state index contributed by atoms with van der Waals surface area (Å²) in [7, 11) is 0. The topological polar surface area (TPSA) is 12.4 Å². The second-order valence-corrected chi connectivity index (χ2v) is 1.29. The molecular weight excluding hydrogens is 74.1 g/mol. The largest absolute Gasteiger partial charge is 0.294 e. The minimum Gasteiger partial charge on any atom is -0.294 e. The molecule has 0 saturated heterocycles. The predicted octanol–water partition coefficient (Wildman–Crippen LogP) is 0.320. The van der Waals surface area contributed by atoms with Crippen LogP contribution in [0.2, 0.25) is 0 Å². The van der Waals surface area contributed by atoms with Crippen molar-refractivity contribution in [3.05, 3.63) is 0 Å². The molecule has 1 aliphatic rings. The highest BCUT2D eigenvalue weighted by molar-refractivity contribution is 5.70. The molecule has 0 fully saturated rings. The smallest absolute Gasteiger partial charge is 0.0743 e. The number of hydrogen-bond acceptors (Lipinski definition) is 1. The minimum atomic E-state index is 0.352. The van der Waals surface area contributed by atoms with Gasteiger partial charge in [-0.2, -0.15) is 0 Å². The molecule has 1 rings (SSSR count). The highest BCUT2D eigenvalue weighted by Gasteiger charge is 2.04. The van der Waals surface area contributed by atoms with Crippen LogP contribution in [0.4, 0.5) is 0 Å². The maximum Gasteiger partial charge on any atom is 0.0743 e. The zero-order valence-corrected chi connectivity index (χ0v) is 3.39. The summed E-state index contributed by atoms with van der Waals surface area (Å²) in [4.78, 5) is 3.80. The van der Waals surface area contributed by atoms with Gasteiger partial charge in [0.2, 0.25) is 0 Å². The molecule has 0 aromatic rings. The third kappa shape index (κ3) is 0.307. The highest BCUT2D eigenvalue weighted by atomic mass is 14.8. The fourth-order valence-corrected chi connectivity index (χ4v) is 0.307. The molecule has 0 bridgehead atoms. The predicted molar refractivity (Wildman–Crippen MR) is 25.7 cm³/mol. The first kappa shape index (κ1) is 3.42. The fraction of sp³-hybridized carbons (Fsp3) is 0.400. The molecule has 0 aromatic carbocycles. The Hall–Kier alpha value is -0.770. The summed E-state index contributed by atoms with van der Waals surface area (Å²) in [6, 6.07) is 0. The molecule has 0 saturated carbocycles. The summed E-state index contributed by atoms with van der Waals surface area (Å²) >= 11 is 0. The Kier molecular flexibility index (Phi) is 0.648. The molecule has 1 aliphatic heterocycles. The number of hydrogen-bond donors (Lipinski definition) is 0. The van der Waals surface area contributed by atoms with Gasteiger partial charge in [-0.3, -0.25) is 4.99 Å². The lowest BCUT2D eigenvalue weighted by atomic mass is 10.1. The van der Waals surface area contributed by atoms with Gasteiger partial charge in [-0.05, 0) is 0 Å². The fourth-order valence-electron chi connectivity index (χ4n) is 0.307. The first-order valence-electron chi connectivity index (χ1n) is 1.89. The Morgan fingerprint density at radius 3 is 2.67 bits per heavy atom. The van der Waals surface area contributed by atoms with Crippen molar-refractivity contribution < 1.29 is 0 Å². The molecule has 0 amide bonds. The van der Waals surface area contributed by atoms with Crippen LogP contribution in [0.25, 0.3) is 0 Å². The van der Waals surface area contributed by atoms with Gasteiger partial charge in [0, 0.05) is 6.21 Å². The molecule has 1 atom stereocenters. The van der Waals surface area contributed by atoms with Crippen LogP contribution < -0.4 is 0 Å². The van der Waals surface area contributed by atoms with Crippen molar-refractivity contribution in [2.24, 2.45) is 10.9 Å². The van der Waals surface area contributed by atoms with Crippen LogP contribution in [0.5, 0.6) is 0 Å². The molecule has 1 heteroatoms. The number of rotatable bonds is 0. The van der Waals surface area contributed by atoms with E-state index in [1.165, 1.54) is 0 Å². The van der Waals surface area contributed by atoms with Gasteiger partial charge in [0.25, 0.3) is 0 Å². The third-order valence-electron chi connectivity index (χ3n) is 0.802. The van der Waals surface area contributed by atoms with Gasteiger partial charge in [-0.25, -0.2) is 0 Å². The van der Waals surface area contributed by atoms with E-state index < -0.39 is 0 Å². The first-order valence-corrected chi connectivity index (χ1v) is 1.89. The minimum absolute atomic E-state index is 0.352. The van der Waals surface area contributed by atoms with Crippen LogP contribution in [-0.2, 0) is 0 Å². The average Bonchev–Trinajstić information content (AvgIpc) is 1.31. The monoisotopic (exact) mass is 79.0 g/mol. The molecule has 1 nitrogen and oxygen atoms in total. The van der Waals surface area contributed by atoms with Gasteiger partial charge in [0.1, 0.15) is 0 Å². The lowest BCUT2D eigenvalue weighted by Crippen LogP contribution is -2.12. The quantitative estimate of drug-likeness (QED) is 0.371. The molecular formula is C5H5N. The molecule has 0 radical (unpaired) electrons. The van der Waals surface area contributed by atoms with Crippen LogP contribution >= 0.6 is 0 Å². The average molecular weight is 79.1 g/mol. The van der Waals surface area contributed by atoms with Gasteiger partial charge in [0.15, 0.2) is 0 Å². The molecule has 1 unspecified atom stereocenters. The molecule has 0 spiro atoms. The zero-order valence-electron chi connectivity index (χ0n) is 3.39. The van der Waals surface area contributed by atoms with Crippen molar-refractivity contribution in [3.63, 3.8) is 0 Å². The second-order valence-electron chi connectivity index (χ2n) is 1.29. The Labute approximate surface area is 37.1 Å². The van der Waals surface area contributed by atoms with Gasteiger partial charge in [-0.1, -0.05) is 5.92 Å². The van der Waals surface area contributed by atoms with Crippen molar-refractivity contribution in [2.75, 3.05) is 6.54 Å². The maximum atomic E-state index is 4.99. The van der Waals surface area contributed by atoms with E-state index >= 15 is 0 Å². The summed E-state index contributed by atoms with van der Waals surface area (Å²) in [5.41, 5.74) is 0. The lowest BCUT2D eigenvalue weighted by Gasteiger charge is -2.06. The van der Waals surface area contributed by atoms with Gasteiger partial charge in [0.05, 0.1) is 12.5 Å². The summed E-state index contributed by atoms with van der Waals surface area (Å²) < 4.78 is 0. The van der Waals surface area contributed by atoms with Crippen LogP contribution in [0, 0.1) is 18.3 Å². The van der Waals surface area contributed by atoms with Crippen molar-refractivity contribution in [3.8, 4) is 12.3 Å². The molecule has 0 aromatic heterocycles. The highest BCUT2D eigenvalue weighted by Crippen LogP contribution is 1.98. The van der Waals surface area contributed by atoms with E-state index in [0.717, 1.165) is 6.54 Å². The summed E-state index contributed by atoms with van der Waals surface area (Å²) in [6.45, 7) is 0.844. The molecule has 0 N–H and O–H groups in total. The lowest BCUT2D eigenvalue weighted by molar-refractivity contribution is 0.834. The van der Waals surface area contributed by atoms with Crippen LogP contribution in [0.15, 0.2) is 4.99 Å². The van der Waals surface area contributed by atoms with E-state index in [0.29, 0.717) is 5.92 Å². The van der Waals surface area contributed by atoms with Crippen molar-refractivity contribution in [1.29, 1.82) is 0 Å². The van der Waals surface area contributed by atoms with E-state index in [1.807, 2.05) is 0 Å². The van der Waals surface area contributed by atoms with Crippen molar-refractivity contribution >= 4 is 6.21 Å². The summed E-state index contributed by atoms with van der Waals surface area (Å²) in [6.07, 6.45) is 6.78. The van der Waals surface area contributed by atoms with E-state index in [1.54, 1.807) is 6.21 Å². The Morgan fingerprint density at radius 1 is 2.00 bits per heavy atom. The molecule has 1 heterocycles. The molecule has 6 heavy (non-hydrogen) atoms. The van der Waals surface area contributed by atoms with Gasteiger partial charge >= 0.3 is 0 Å². The maximum absolute atomic E-state index is 4.99. The molecule has 30 valence electrons. The number of aliphatic imine (C=N–C) groups is 1. The van der Waals surface area contributed by atoms with E-state index in [-0.39, 0.29) is 0 Å². The number of nitrogens with zero attached hydrogens (tertiary/aromatic N) is 1. The van der Waals surface area contributed by atoms with Crippen LogP contribution in [0.1, 0.15) is 0 Å². The van der Waals surface area contributed by atoms with Crippen molar-refractivity contribution in [1.82, 2.24) is 0 Å². The van der Waals surface area contributed by atoms with Gasteiger partial charge in [-0.15, -0.1) is 6.42 Å². The normalized spacial score (nSPS) is 28.2. The Balaban J connectivity index is 2.46. The standard InChI is InChI=1S/C5H5N/c1-2-5-3-6-4-5/h1,3,5H,4H2. The zero-order chi connectivity index (χ0) is 4.41. The summed E-state index contributed by atoms with van der Waals surface area (Å²) in [5, 5.41) is 0.